The van der Waals surface area contributed by atoms with Crippen molar-refractivity contribution in [1.29, 1.82) is 0 Å². The molecule has 0 atom stereocenters. The molecule has 0 spiro atoms. The average molecular weight is 359 g/mol. The molecule has 8 heteroatoms. The zero-order valence-corrected chi connectivity index (χ0v) is 15.6. The van der Waals surface area contributed by atoms with Crippen LogP contribution in [-0.4, -0.2) is 44.7 Å². The molecule has 2 aromatic heterocycles. The maximum Gasteiger partial charge on any atom is 0.380 e. The number of aromatic nitrogens is 3. The van der Waals surface area contributed by atoms with Crippen LogP contribution in [0.15, 0.2) is 0 Å². The molecule has 0 unspecified atom stereocenters. The maximum absolute atomic E-state index is 12.3. The van der Waals surface area contributed by atoms with Crippen LogP contribution in [-0.2, 0) is 16.6 Å². The predicted octanol–water partition coefficient (Wildman–Crippen LogP) is 1.79. The van der Waals surface area contributed by atoms with Crippen molar-refractivity contribution in [3.05, 3.63) is 39.5 Å². The molecule has 0 aromatic carbocycles. The van der Waals surface area contributed by atoms with Crippen LogP contribution in [0.1, 0.15) is 60.8 Å². The lowest BCUT2D eigenvalue weighted by Crippen LogP contribution is -2.23. The quantitative estimate of drug-likeness (QED) is 0.478. The number of aryl methyl sites for hydroxylation is 3. The monoisotopic (exact) mass is 359 g/mol. The largest absolute Gasteiger partial charge is 0.451 e. The molecular weight excluding hydrogens is 338 g/mol. The molecule has 0 saturated carbocycles. The van der Waals surface area contributed by atoms with Crippen molar-refractivity contribution in [2.45, 2.75) is 34.6 Å². The van der Waals surface area contributed by atoms with Crippen LogP contribution in [0, 0.1) is 27.7 Å². The number of Topliss-reactive ketones (excluding diaryl/α,β-unsaturated/α-hetero) is 3. The van der Waals surface area contributed by atoms with Crippen molar-refractivity contribution in [2.24, 2.45) is 7.05 Å². The summed E-state index contributed by atoms with van der Waals surface area (Å²) in [7, 11) is 1.66. The van der Waals surface area contributed by atoms with Gasteiger partial charge in [0.15, 0.2) is 12.4 Å². The Morgan fingerprint density at radius 1 is 1.08 bits per heavy atom. The third-order valence-electron chi connectivity index (χ3n) is 4.32. The van der Waals surface area contributed by atoms with Gasteiger partial charge >= 0.3 is 5.97 Å². The van der Waals surface area contributed by atoms with Gasteiger partial charge in [-0.3, -0.25) is 19.1 Å². The minimum atomic E-state index is -1.12. The molecule has 0 radical (unpaired) electrons. The van der Waals surface area contributed by atoms with E-state index in [9.17, 15) is 19.2 Å². The second-order valence-electron chi connectivity index (χ2n) is 6.18. The zero-order chi connectivity index (χ0) is 19.8. The number of ether oxygens (including phenoxy) is 1. The van der Waals surface area contributed by atoms with Gasteiger partial charge in [0, 0.05) is 24.0 Å². The molecule has 138 valence electrons. The summed E-state index contributed by atoms with van der Waals surface area (Å²) in [4.78, 5) is 51.1. The molecule has 0 aliphatic heterocycles. The van der Waals surface area contributed by atoms with Gasteiger partial charge in [0.25, 0.3) is 5.78 Å². The van der Waals surface area contributed by atoms with Crippen molar-refractivity contribution >= 4 is 23.3 Å². The molecule has 26 heavy (non-hydrogen) atoms. The SMILES string of the molecule is CC(=O)c1c(C)[nH]c(C(=O)COC(=O)C(=O)c2c(C)nn(C)c2C)c1C. The first kappa shape index (κ1) is 19.3. The van der Waals surface area contributed by atoms with E-state index in [0.29, 0.717) is 28.2 Å². The third kappa shape index (κ3) is 3.35. The third-order valence-corrected chi connectivity index (χ3v) is 4.32. The van der Waals surface area contributed by atoms with Gasteiger partial charge in [-0.25, -0.2) is 4.79 Å². The molecular formula is C18H21N3O5. The summed E-state index contributed by atoms with van der Waals surface area (Å²) in [5.41, 5.74) is 2.84. The Morgan fingerprint density at radius 3 is 2.15 bits per heavy atom. The standard InChI is InChI=1S/C18H21N3O5/c1-8-14(12(5)22)9(2)19-16(8)13(23)7-26-18(25)17(24)15-10(3)20-21(6)11(15)4/h19H,7H2,1-6H3. The molecule has 2 rings (SSSR count). The van der Waals surface area contributed by atoms with Gasteiger partial charge in [-0.1, -0.05) is 0 Å². The lowest BCUT2D eigenvalue weighted by Gasteiger charge is -2.04. The highest BCUT2D eigenvalue weighted by Gasteiger charge is 2.27. The number of ketones is 3. The van der Waals surface area contributed by atoms with E-state index < -0.39 is 24.1 Å². The smallest absolute Gasteiger partial charge is 0.380 e. The molecule has 0 saturated heterocycles. The Hall–Kier alpha value is -3.03. The zero-order valence-electron chi connectivity index (χ0n) is 15.6. The van der Waals surface area contributed by atoms with Crippen molar-refractivity contribution in [3.63, 3.8) is 0 Å². The minimum absolute atomic E-state index is 0.162. The van der Waals surface area contributed by atoms with Gasteiger partial charge < -0.3 is 9.72 Å². The second-order valence-corrected chi connectivity index (χ2v) is 6.18. The first-order valence-electron chi connectivity index (χ1n) is 8.01. The van der Waals surface area contributed by atoms with E-state index in [1.54, 1.807) is 34.7 Å². The number of hydrogen-bond acceptors (Lipinski definition) is 6. The number of aromatic amines is 1. The Morgan fingerprint density at radius 2 is 1.69 bits per heavy atom. The molecule has 0 aliphatic carbocycles. The number of carbonyl (C=O) groups excluding carboxylic acids is 4. The van der Waals surface area contributed by atoms with Crippen LogP contribution < -0.4 is 0 Å². The van der Waals surface area contributed by atoms with E-state index in [4.69, 9.17) is 4.74 Å². The molecule has 0 amide bonds. The average Bonchev–Trinajstić information content (AvgIpc) is 2.99. The first-order valence-corrected chi connectivity index (χ1v) is 8.01. The number of nitrogens with zero attached hydrogens (tertiary/aromatic N) is 2. The highest BCUT2D eigenvalue weighted by molar-refractivity contribution is 6.41. The molecule has 2 aromatic rings. The molecule has 0 bridgehead atoms. The Balaban J connectivity index is 2.12. The van der Waals surface area contributed by atoms with Crippen LogP contribution in [0.5, 0.6) is 0 Å². The van der Waals surface area contributed by atoms with Gasteiger partial charge in [0.05, 0.1) is 17.0 Å². The fourth-order valence-corrected chi connectivity index (χ4v) is 3.03. The minimum Gasteiger partial charge on any atom is -0.451 e. The normalized spacial score (nSPS) is 10.7. The van der Waals surface area contributed by atoms with E-state index in [-0.39, 0.29) is 17.0 Å². The van der Waals surface area contributed by atoms with Crippen LogP contribution in [0.3, 0.4) is 0 Å². The Kier molecular flexibility index (Phi) is 5.25. The van der Waals surface area contributed by atoms with Crippen LogP contribution >= 0.6 is 0 Å². The van der Waals surface area contributed by atoms with Crippen molar-refractivity contribution in [3.8, 4) is 0 Å². The summed E-state index contributed by atoms with van der Waals surface area (Å²) in [6, 6.07) is 0. The number of nitrogens with one attached hydrogen (secondary N) is 1. The number of H-pyrrole nitrogens is 1. The molecule has 0 aliphatic rings. The van der Waals surface area contributed by atoms with E-state index in [2.05, 4.69) is 10.1 Å². The number of esters is 1. The van der Waals surface area contributed by atoms with E-state index in [1.807, 2.05) is 0 Å². The summed E-state index contributed by atoms with van der Waals surface area (Å²) >= 11 is 0. The van der Waals surface area contributed by atoms with Gasteiger partial charge in [-0.2, -0.15) is 5.10 Å². The van der Waals surface area contributed by atoms with Crippen molar-refractivity contribution in [2.75, 3.05) is 6.61 Å². The summed E-state index contributed by atoms with van der Waals surface area (Å²) in [6.45, 7) is 7.43. The van der Waals surface area contributed by atoms with Crippen molar-refractivity contribution < 1.29 is 23.9 Å². The van der Waals surface area contributed by atoms with Crippen molar-refractivity contribution in [1.82, 2.24) is 14.8 Å². The fraction of sp³-hybridized carbons (Fsp3) is 0.389. The van der Waals surface area contributed by atoms with Gasteiger partial charge in [-0.15, -0.1) is 0 Å². The summed E-state index contributed by atoms with van der Waals surface area (Å²) in [6.07, 6.45) is 0. The predicted molar refractivity (Wildman–Crippen MR) is 92.6 cm³/mol. The summed E-state index contributed by atoms with van der Waals surface area (Å²) in [5.74, 6) is -2.64. The summed E-state index contributed by atoms with van der Waals surface area (Å²) < 4.78 is 6.37. The fourth-order valence-electron chi connectivity index (χ4n) is 3.03. The summed E-state index contributed by atoms with van der Waals surface area (Å²) in [5, 5.41) is 4.08. The number of hydrogen-bond donors (Lipinski definition) is 1. The molecule has 2 heterocycles. The van der Waals surface area contributed by atoms with E-state index >= 15 is 0 Å². The Bertz CT molecular complexity index is 933. The van der Waals surface area contributed by atoms with Gasteiger partial charge in [0.2, 0.25) is 5.78 Å². The van der Waals surface area contributed by atoms with Crippen LogP contribution in [0.4, 0.5) is 0 Å². The van der Waals surface area contributed by atoms with Crippen LogP contribution in [0.2, 0.25) is 0 Å². The lowest BCUT2D eigenvalue weighted by molar-refractivity contribution is -0.137. The van der Waals surface area contributed by atoms with E-state index in [1.165, 1.54) is 11.6 Å². The lowest BCUT2D eigenvalue weighted by atomic mass is 10.1. The number of carbonyl (C=O) groups is 4. The first-order chi connectivity index (χ1) is 12.1. The highest BCUT2D eigenvalue weighted by Crippen LogP contribution is 2.19. The topological polar surface area (TPSA) is 111 Å². The van der Waals surface area contributed by atoms with E-state index in [0.717, 1.165) is 0 Å². The highest BCUT2D eigenvalue weighted by atomic mass is 16.5. The van der Waals surface area contributed by atoms with Crippen LogP contribution in [0.25, 0.3) is 0 Å². The maximum atomic E-state index is 12.3. The number of rotatable bonds is 6. The molecule has 1 N–H and O–H groups in total. The molecule has 8 nitrogen and oxygen atoms in total. The van der Waals surface area contributed by atoms with Gasteiger partial charge in [-0.05, 0) is 40.2 Å². The second kappa shape index (κ2) is 7.07. The van der Waals surface area contributed by atoms with Gasteiger partial charge in [0.1, 0.15) is 0 Å². The molecule has 0 fully saturated rings. The Labute approximate surface area is 150 Å².